The molecule has 8 heteroatoms. The van der Waals surface area contributed by atoms with E-state index in [-0.39, 0.29) is 18.7 Å². The molecule has 32 heavy (non-hydrogen) atoms. The number of carbonyl (C=O) groups excluding carboxylic acids is 2. The normalized spacial score (nSPS) is 15.8. The van der Waals surface area contributed by atoms with Gasteiger partial charge in [0.1, 0.15) is 5.69 Å². The second-order valence-corrected chi connectivity index (χ2v) is 8.29. The van der Waals surface area contributed by atoms with Crippen LogP contribution in [0.2, 0.25) is 0 Å². The Kier molecular flexibility index (Phi) is 6.69. The highest BCUT2D eigenvalue weighted by molar-refractivity contribution is 5.90. The van der Waals surface area contributed by atoms with Gasteiger partial charge in [-0.2, -0.15) is 0 Å². The number of ether oxygens (including phenoxy) is 3. The fourth-order valence-corrected chi connectivity index (χ4v) is 4.41. The standard InChI is InChI=1S/C24H31N3O5/c1-4-30-24(29)23-16(2)19(17(3)25-23)6-8-22(28)27-11-9-26(10-12-27)14-18-5-7-20-21(13-18)32-15-31-20/h5,7,13,25H,4,6,8-12,14-15H2,1-3H3. The Balaban J connectivity index is 1.27. The third-order valence-corrected chi connectivity index (χ3v) is 6.23. The lowest BCUT2D eigenvalue weighted by molar-refractivity contribution is -0.133. The van der Waals surface area contributed by atoms with Crippen molar-refractivity contribution in [2.45, 2.75) is 40.2 Å². The van der Waals surface area contributed by atoms with Gasteiger partial charge in [-0.3, -0.25) is 9.69 Å². The zero-order valence-electron chi connectivity index (χ0n) is 19.0. The second-order valence-electron chi connectivity index (χ2n) is 8.29. The van der Waals surface area contributed by atoms with Crippen LogP contribution >= 0.6 is 0 Å². The van der Waals surface area contributed by atoms with E-state index in [2.05, 4.69) is 16.0 Å². The summed E-state index contributed by atoms with van der Waals surface area (Å²) >= 11 is 0. The van der Waals surface area contributed by atoms with E-state index in [0.29, 0.717) is 25.1 Å². The third-order valence-electron chi connectivity index (χ3n) is 6.23. The maximum atomic E-state index is 12.8. The summed E-state index contributed by atoms with van der Waals surface area (Å²) in [4.78, 5) is 32.3. The molecule has 1 aromatic heterocycles. The molecule has 2 aromatic rings. The Hall–Kier alpha value is -3.00. The summed E-state index contributed by atoms with van der Waals surface area (Å²) in [6.45, 7) is 10.2. The number of rotatable bonds is 7. The van der Waals surface area contributed by atoms with Crippen molar-refractivity contribution in [2.24, 2.45) is 0 Å². The van der Waals surface area contributed by atoms with E-state index in [0.717, 1.165) is 61.0 Å². The van der Waals surface area contributed by atoms with Crippen LogP contribution < -0.4 is 9.47 Å². The average Bonchev–Trinajstić information content (AvgIpc) is 3.36. The van der Waals surface area contributed by atoms with Crippen LogP contribution in [-0.2, 0) is 22.5 Å². The van der Waals surface area contributed by atoms with Crippen LogP contribution in [0.25, 0.3) is 0 Å². The highest BCUT2D eigenvalue weighted by Crippen LogP contribution is 2.32. The number of H-pyrrole nitrogens is 1. The lowest BCUT2D eigenvalue weighted by atomic mass is 10.0. The quantitative estimate of drug-likeness (QED) is 0.666. The van der Waals surface area contributed by atoms with E-state index in [4.69, 9.17) is 14.2 Å². The number of esters is 1. The fourth-order valence-electron chi connectivity index (χ4n) is 4.41. The first kappa shape index (κ1) is 22.2. The SMILES string of the molecule is CCOC(=O)c1[nH]c(C)c(CCC(=O)N2CCN(Cc3ccc4c(c3)OCO4)CC2)c1C. The van der Waals surface area contributed by atoms with E-state index in [1.165, 1.54) is 5.56 Å². The van der Waals surface area contributed by atoms with Crippen molar-refractivity contribution in [3.8, 4) is 11.5 Å². The maximum absolute atomic E-state index is 12.8. The zero-order valence-corrected chi connectivity index (χ0v) is 19.0. The number of hydrogen-bond acceptors (Lipinski definition) is 6. The lowest BCUT2D eigenvalue weighted by Crippen LogP contribution is -2.48. The number of aryl methyl sites for hydroxylation is 1. The van der Waals surface area contributed by atoms with Gasteiger partial charge in [-0.05, 0) is 56.0 Å². The topological polar surface area (TPSA) is 84.1 Å². The van der Waals surface area contributed by atoms with Gasteiger partial charge < -0.3 is 24.1 Å². The molecule has 0 atom stereocenters. The molecule has 0 radical (unpaired) electrons. The van der Waals surface area contributed by atoms with Crippen molar-refractivity contribution in [3.05, 3.63) is 46.3 Å². The summed E-state index contributed by atoms with van der Waals surface area (Å²) in [6.07, 6.45) is 1.05. The van der Waals surface area contributed by atoms with Crippen LogP contribution in [0.5, 0.6) is 11.5 Å². The summed E-state index contributed by atoms with van der Waals surface area (Å²) in [6, 6.07) is 6.05. The lowest BCUT2D eigenvalue weighted by Gasteiger charge is -2.35. The molecule has 1 fully saturated rings. The summed E-state index contributed by atoms with van der Waals surface area (Å²) in [5.41, 5.74) is 4.51. The first-order chi connectivity index (χ1) is 15.5. The van der Waals surface area contributed by atoms with Crippen LogP contribution in [0, 0.1) is 13.8 Å². The minimum atomic E-state index is -0.343. The Bertz CT molecular complexity index is 992. The summed E-state index contributed by atoms with van der Waals surface area (Å²) in [5, 5.41) is 0. The summed E-state index contributed by atoms with van der Waals surface area (Å²) in [5.74, 6) is 1.42. The van der Waals surface area contributed by atoms with Crippen molar-refractivity contribution >= 4 is 11.9 Å². The van der Waals surface area contributed by atoms with Crippen LogP contribution in [0.15, 0.2) is 18.2 Å². The monoisotopic (exact) mass is 441 g/mol. The van der Waals surface area contributed by atoms with Gasteiger partial charge in [0.25, 0.3) is 0 Å². The largest absolute Gasteiger partial charge is 0.461 e. The van der Waals surface area contributed by atoms with Crippen molar-refractivity contribution in [3.63, 3.8) is 0 Å². The highest BCUT2D eigenvalue weighted by Gasteiger charge is 2.23. The van der Waals surface area contributed by atoms with Crippen LogP contribution in [0.4, 0.5) is 0 Å². The van der Waals surface area contributed by atoms with Gasteiger partial charge in [0.15, 0.2) is 11.5 Å². The number of hydrogen-bond donors (Lipinski definition) is 1. The predicted molar refractivity (Wildman–Crippen MR) is 119 cm³/mol. The van der Waals surface area contributed by atoms with Crippen LogP contribution in [0.3, 0.4) is 0 Å². The van der Waals surface area contributed by atoms with E-state index in [1.807, 2.05) is 30.9 Å². The molecular weight excluding hydrogens is 410 g/mol. The van der Waals surface area contributed by atoms with Gasteiger partial charge in [-0.25, -0.2) is 4.79 Å². The van der Waals surface area contributed by atoms with Gasteiger partial charge in [-0.1, -0.05) is 6.07 Å². The van der Waals surface area contributed by atoms with Gasteiger partial charge >= 0.3 is 5.97 Å². The molecular formula is C24H31N3O5. The molecule has 0 saturated carbocycles. The number of aromatic nitrogens is 1. The first-order valence-electron chi connectivity index (χ1n) is 11.2. The van der Waals surface area contributed by atoms with E-state index in [9.17, 15) is 9.59 Å². The van der Waals surface area contributed by atoms with E-state index >= 15 is 0 Å². The minimum absolute atomic E-state index is 0.158. The second kappa shape index (κ2) is 9.65. The van der Waals surface area contributed by atoms with Crippen molar-refractivity contribution in [1.29, 1.82) is 0 Å². The number of amides is 1. The number of nitrogens with one attached hydrogen (secondary N) is 1. The molecule has 0 aliphatic carbocycles. The zero-order chi connectivity index (χ0) is 22.7. The van der Waals surface area contributed by atoms with E-state index < -0.39 is 0 Å². The molecule has 0 unspecified atom stereocenters. The summed E-state index contributed by atoms with van der Waals surface area (Å²) in [7, 11) is 0. The Labute approximate surface area is 188 Å². The molecule has 0 bridgehead atoms. The van der Waals surface area contributed by atoms with Crippen LogP contribution in [0.1, 0.15) is 46.2 Å². The van der Waals surface area contributed by atoms with Crippen molar-refractivity contribution < 1.29 is 23.8 Å². The van der Waals surface area contributed by atoms with Crippen molar-refractivity contribution in [1.82, 2.24) is 14.8 Å². The van der Waals surface area contributed by atoms with E-state index in [1.54, 1.807) is 6.92 Å². The smallest absolute Gasteiger partial charge is 0.355 e. The minimum Gasteiger partial charge on any atom is -0.461 e. The molecule has 1 N–H and O–H groups in total. The number of nitrogens with zero attached hydrogens (tertiary/aromatic N) is 2. The molecule has 0 spiro atoms. The van der Waals surface area contributed by atoms with Gasteiger partial charge in [0.05, 0.1) is 6.61 Å². The molecule has 172 valence electrons. The third kappa shape index (κ3) is 4.75. The molecule has 1 saturated heterocycles. The van der Waals surface area contributed by atoms with Gasteiger partial charge in [-0.15, -0.1) is 0 Å². The summed E-state index contributed by atoms with van der Waals surface area (Å²) < 4.78 is 15.9. The molecule has 1 amide bonds. The van der Waals surface area contributed by atoms with Gasteiger partial charge in [0.2, 0.25) is 12.7 Å². The molecule has 4 rings (SSSR count). The van der Waals surface area contributed by atoms with Gasteiger partial charge in [0, 0.05) is 44.8 Å². The molecule has 8 nitrogen and oxygen atoms in total. The predicted octanol–water partition coefficient (Wildman–Crippen LogP) is 2.81. The fraction of sp³-hybridized carbons (Fsp3) is 0.500. The number of fused-ring (bicyclic) bond motifs is 1. The molecule has 1 aromatic carbocycles. The maximum Gasteiger partial charge on any atom is 0.355 e. The van der Waals surface area contributed by atoms with Crippen molar-refractivity contribution in [2.75, 3.05) is 39.6 Å². The van der Waals surface area contributed by atoms with Crippen LogP contribution in [-0.4, -0.2) is 66.2 Å². The number of benzene rings is 1. The Morgan fingerprint density at radius 1 is 1.09 bits per heavy atom. The Morgan fingerprint density at radius 3 is 2.59 bits per heavy atom. The molecule has 2 aliphatic rings. The number of piperazine rings is 1. The molecule has 3 heterocycles. The number of aromatic amines is 1. The molecule has 2 aliphatic heterocycles. The highest BCUT2D eigenvalue weighted by atomic mass is 16.7. The average molecular weight is 442 g/mol. The first-order valence-corrected chi connectivity index (χ1v) is 11.2. The Morgan fingerprint density at radius 2 is 1.84 bits per heavy atom. The number of carbonyl (C=O) groups is 2.